The Balaban J connectivity index is 2.21. The molecular weight excluding hydrogens is 448 g/mol. The van der Waals surface area contributed by atoms with Gasteiger partial charge in [-0.3, -0.25) is 14.4 Å². The average molecular weight is 485 g/mol. The number of nitrogens with zero attached hydrogens (tertiary/aromatic N) is 1. The third-order valence-electron chi connectivity index (χ3n) is 5.76. The van der Waals surface area contributed by atoms with Crippen LogP contribution >= 0.6 is 0 Å². The Labute approximate surface area is 207 Å². The lowest BCUT2D eigenvalue weighted by atomic mass is 9.91. The molecule has 2 rings (SSSR count). The summed E-state index contributed by atoms with van der Waals surface area (Å²) in [6.45, 7) is 6.31. The Morgan fingerprint density at radius 1 is 0.914 bits per heavy atom. The van der Waals surface area contributed by atoms with Gasteiger partial charge in [-0.15, -0.1) is 0 Å². The van der Waals surface area contributed by atoms with Gasteiger partial charge in [0.05, 0.1) is 26.7 Å². The fourth-order valence-corrected chi connectivity index (χ4v) is 3.99. The number of anilines is 1. The normalized spacial score (nSPS) is 12.5. The first-order chi connectivity index (χ1) is 16.7. The van der Waals surface area contributed by atoms with Crippen molar-refractivity contribution in [2.75, 3.05) is 25.7 Å². The Morgan fingerprint density at radius 3 is 1.91 bits per heavy atom. The summed E-state index contributed by atoms with van der Waals surface area (Å²) in [6.07, 6.45) is 0.250. The van der Waals surface area contributed by atoms with Crippen LogP contribution in [-0.4, -0.2) is 43.7 Å². The van der Waals surface area contributed by atoms with Gasteiger partial charge < -0.3 is 24.8 Å². The van der Waals surface area contributed by atoms with Crippen LogP contribution in [0.1, 0.15) is 51.6 Å². The zero-order valence-corrected chi connectivity index (χ0v) is 21.1. The van der Waals surface area contributed by atoms with Crippen molar-refractivity contribution in [2.45, 2.75) is 46.1 Å². The number of aliphatic carboxylic acids is 1. The maximum atomic E-state index is 13.3. The Morgan fingerprint density at radius 2 is 1.46 bits per heavy atom. The van der Waals surface area contributed by atoms with Crippen LogP contribution in [0.5, 0.6) is 11.5 Å². The van der Waals surface area contributed by atoms with Crippen molar-refractivity contribution in [1.29, 1.82) is 0 Å². The second-order valence-electron chi connectivity index (χ2n) is 8.80. The predicted octanol–water partition coefficient (Wildman–Crippen LogP) is 4.44. The van der Waals surface area contributed by atoms with Gasteiger partial charge in [-0.05, 0) is 61.2 Å². The van der Waals surface area contributed by atoms with Crippen LogP contribution in [0.25, 0.3) is 0 Å². The number of nitrogens with one attached hydrogen (secondary N) is 1. The zero-order valence-electron chi connectivity index (χ0n) is 21.1. The standard InChI is InChI=1S/C27H36N2O6/c1-6-29(21-9-13-23(35-5)14-10-21)25(30)16-20(15-18(2)3)27(33)28-24(17-26(31)32)19-7-11-22(34-4)12-8-19/h7-14,18,20,24H,6,15-17H2,1-5H3,(H,28,33)(H,31,32). The van der Waals surface area contributed by atoms with Crippen molar-refractivity contribution < 1.29 is 29.0 Å². The highest BCUT2D eigenvalue weighted by Gasteiger charge is 2.28. The van der Waals surface area contributed by atoms with Crippen LogP contribution in [0, 0.1) is 11.8 Å². The highest BCUT2D eigenvalue weighted by molar-refractivity contribution is 5.96. The maximum absolute atomic E-state index is 13.3. The first-order valence-corrected chi connectivity index (χ1v) is 11.8. The highest BCUT2D eigenvalue weighted by Crippen LogP contribution is 2.25. The van der Waals surface area contributed by atoms with E-state index < -0.39 is 17.9 Å². The number of amides is 2. The molecule has 0 aromatic heterocycles. The van der Waals surface area contributed by atoms with E-state index in [1.165, 1.54) is 0 Å². The molecule has 8 nitrogen and oxygen atoms in total. The maximum Gasteiger partial charge on any atom is 0.305 e. The molecule has 0 saturated heterocycles. The number of benzene rings is 2. The monoisotopic (exact) mass is 484 g/mol. The molecule has 2 unspecified atom stereocenters. The molecule has 0 aliphatic rings. The molecule has 0 aliphatic heterocycles. The van der Waals surface area contributed by atoms with Gasteiger partial charge in [0.1, 0.15) is 11.5 Å². The van der Waals surface area contributed by atoms with Gasteiger partial charge in [0.15, 0.2) is 0 Å². The molecule has 2 aromatic rings. The van der Waals surface area contributed by atoms with E-state index in [0.717, 1.165) is 5.69 Å². The van der Waals surface area contributed by atoms with Gasteiger partial charge in [0, 0.05) is 24.6 Å². The second-order valence-corrected chi connectivity index (χ2v) is 8.80. The molecule has 0 fully saturated rings. The van der Waals surface area contributed by atoms with E-state index in [9.17, 15) is 19.5 Å². The number of methoxy groups -OCH3 is 2. The van der Waals surface area contributed by atoms with Crippen LogP contribution in [0.2, 0.25) is 0 Å². The summed E-state index contributed by atoms with van der Waals surface area (Å²) in [5.41, 5.74) is 1.38. The Hall–Kier alpha value is -3.55. The van der Waals surface area contributed by atoms with E-state index in [0.29, 0.717) is 30.0 Å². The molecule has 0 saturated carbocycles. The van der Waals surface area contributed by atoms with E-state index in [1.807, 2.05) is 32.9 Å². The van der Waals surface area contributed by atoms with Crippen molar-refractivity contribution in [2.24, 2.45) is 11.8 Å². The van der Waals surface area contributed by atoms with Crippen LogP contribution in [0.15, 0.2) is 48.5 Å². The van der Waals surface area contributed by atoms with Crippen molar-refractivity contribution >= 4 is 23.5 Å². The molecule has 0 aliphatic carbocycles. The number of rotatable bonds is 13. The molecule has 0 spiro atoms. The topological polar surface area (TPSA) is 105 Å². The summed E-state index contributed by atoms with van der Waals surface area (Å²) in [6, 6.07) is 13.4. The lowest BCUT2D eigenvalue weighted by molar-refractivity contribution is -0.138. The average Bonchev–Trinajstić information content (AvgIpc) is 2.83. The molecule has 35 heavy (non-hydrogen) atoms. The second kappa shape index (κ2) is 13.4. The zero-order chi connectivity index (χ0) is 26.0. The van der Waals surface area contributed by atoms with E-state index in [1.54, 1.807) is 55.5 Å². The van der Waals surface area contributed by atoms with Gasteiger partial charge in [0.25, 0.3) is 0 Å². The quantitative estimate of drug-likeness (QED) is 0.435. The summed E-state index contributed by atoms with van der Waals surface area (Å²) >= 11 is 0. The molecule has 2 aromatic carbocycles. The van der Waals surface area contributed by atoms with Crippen molar-refractivity contribution in [3.63, 3.8) is 0 Å². The van der Waals surface area contributed by atoms with Crippen LogP contribution in [-0.2, 0) is 14.4 Å². The fraction of sp³-hybridized carbons (Fsp3) is 0.444. The SMILES string of the molecule is CCN(C(=O)CC(CC(C)C)C(=O)NC(CC(=O)O)c1ccc(OC)cc1)c1ccc(OC)cc1. The molecule has 0 heterocycles. The molecule has 8 heteroatoms. The Kier molecular flexibility index (Phi) is 10.6. The number of ether oxygens (including phenoxy) is 2. The molecule has 2 amide bonds. The number of carbonyl (C=O) groups excluding carboxylic acids is 2. The summed E-state index contributed by atoms with van der Waals surface area (Å²) < 4.78 is 10.4. The number of hydrogen-bond acceptors (Lipinski definition) is 5. The summed E-state index contributed by atoms with van der Waals surface area (Å²) in [5, 5.41) is 12.3. The van der Waals surface area contributed by atoms with Crippen molar-refractivity contribution in [3.8, 4) is 11.5 Å². The third kappa shape index (κ3) is 8.31. The lowest BCUT2D eigenvalue weighted by Crippen LogP contribution is -2.39. The third-order valence-corrected chi connectivity index (χ3v) is 5.76. The van der Waals surface area contributed by atoms with Crippen molar-refractivity contribution in [1.82, 2.24) is 5.32 Å². The van der Waals surface area contributed by atoms with Gasteiger partial charge >= 0.3 is 5.97 Å². The highest BCUT2D eigenvalue weighted by atomic mass is 16.5. The van der Waals surface area contributed by atoms with Crippen molar-refractivity contribution in [3.05, 3.63) is 54.1 Å². The molecule has 0 radical (unpaired) electrons. The summed E-state index contributed by atoms with van der Waals surface area (Å²) in [7, 11) is 3.13. The van der Waals surface area contributed by atoms with E-state index >= 15 is 0 Å². The Bertz CT molecular complexity index is 972. The minimum Gasteiger partial charge on any atom is -0.497 e. The minimum atomic E-state index is -1.03. The van der Waals surface area contributed by atoms with Crippen LogP contribution in [0.4, 0.5) is 5.69 Å². The van der Waals surface area contributed by atoms with Crippen LogP contribution < -0.4 is 19.7 Å². The predicted molar refractivity (Wildman–Crippen MR) is 135 cm³/mol. The summed E-state index contributed by atoms with van der Waals surface area (Å²) in [5.74, 6) is -0.623. The number of carbonyl (C=O) groups is 3. The first-order valence-electron chi connectivity index (χ1n) is 11.8. The van der Waals surface area contributed by atoms with Gasteiger partial charge in [-0.1, -0.05) is 26.0 Å². The number of carboxylic acid groups (broad SMARTS) is 1. The number of carboxylic acids is 1. The van der Waals surface area contributed by atoms with Gasteiger partial charge in [-0.2, -0.15) is 0 Å². The molecule has 0 bridgehead atoms. The summed E-state index contributed by atoms with van der Waals surface area (Å²) in [4.78, 5) is 39.7. The van der Waals surface area contributed by atoms with E-state index in [2.05, 4.69) is 5.32 Å². The van der Waals surface area contributed by atoms with Gasteiger partial charge in [-0.25, -0.2) is 0 Å². The molecular formula is C27H36N2O6. The lowest BCUT2D eigenvalue weighted by Gasteiger charge is -2.26. The van der Waals surface area contributed by atoms with Crippen LogP contribution in [0.3, 0.4) is 0 Å². The minimum absolute atomic E-state index is 0.0201. The first kappa shape index (κ1) is 27.7. The number of hydrogen-bond donors (Lipinski definition) is 2. The van der Waals surface area contributed by atoms with E-state index in [-0.39, 0.29) is 30.6 Å². The molecule has 2 N–H and O–H groups in total. The van der Waals surface area contributed by atoms with Gasteiger partial charge in [0.2, 0.25) is 11.8 Å². The van der Waals surface area contributed by atoms with E-state index in [4.69, 9.17) is 9.47 Å². The smallest absolute Gasteiger partial charge is 0.305 e. The largest absolute Gasteiger partial charge is 0.497 e. The molecule has 190 valence electrons. The fourth-order valence-electron chi connectivity index (χ4n) is 3.99. The molecule has 2 atom stereocenters.